The van der Waals surface area contributed by atoms with E-state index in [1.807, 2.05) is 30.1 Å². The molecule has 17 heavy (non-hydrogen) atoms. The third-order valence-corrected chi connectivity index (χ3v) is 2.88. The average molecular weight is 295 g/mol. The van der Waals surface area contributed by atoms with Crippen LogP contribution in [-0.4, -0.2) is 12.0 Å². The van der Waals surface area contributed by atoms with Gasteiger partial charge in [0.15, 0.2) is 0 Å². The molecule has 0 saturated carbocycles. The van der Waals surface area contributed by atoms with Crippen molar-refractivity contribution in [3.05, 3.63) is 58.4 Å². The molecule has 2 nitrogen and oxygen atoms in total. The summed E-state index contributed by atoms with van der Waals surface area (Å²) in [6, 6.07) is 10.5. The highest BCUT2D eigenvalue weighted by atomic mass is 79.9. The highest BCUT2D eigenvalue weighted by Gasteiger charge is 2.03. The van der Waals surface area contributed by atoms with Crippen molar-refractivity contribution in [2.24, 2.45) is 0 Å². The summed E-state index contributed by atoms with van der Waals surface area (Å²) < 4.78 is 14.0. The molecule has 0 unspecified atom stereocenters. The zero-order valence-corrected chi connectivity index (χ0v) is 11.0. The lowest BCUT2D eigenvalue weighted by molar-refractivity contribution is 0.625. The molecule has 0 aliphatic rings. The molecule has 2 rings (SSSR count). The fraction of sp³-hybridized carbons (Fsp3) is 0.154. The summed E-state index contributed by atoms with van der Waals surface area (Å²) >= 11 is 3.34. The lowest BCUT2D eigenvalue weighted by Gasteiger charge is -2.18. The van der Waals surface area contributed by atoms with E-state index in [2.05, 4.69) is 20.9 Å². The Bertz CT molecular complexity index is 499. The van der Waals surface area contributed by atoms with E-state index in [1.165, 1.54) is 12.1 Å². The average Bonchev–Trinajstić information content (AvgIpc) is 2.29. The summed E-state index contributed by atoms with van der Waals surface area (Å²) in [6.07, 6.45) is 1.75. The van der Waals surface area contributed by atoms with E-state index < -0.39 is 0 Å². The van der Waals surface area contributed by atoms with E-state index in [1.54, 1.807) is 12.3 Å². The molecule has 1 aromatic heterocycles. The van der Waals surface area contributed by atoms with Gasteiger partial charge in [0.1, 0.15) is 11.6 Å². The van der Waals surface area contributed by atoms with E-state index in [9.17, 15) is 4.39 Å². The monoisotopic (exact) mass is 294 g/mol. The van der Waals surface area contributed by atoms with Crippen molar-refractivity contribution >= 4 is 21.7 Å². The molecule has 0 saturated heterocycles. The van der Waals surface area contributed by atoms with Crippen LogP contribution in [0.3, 0.4) is 0 Å². The maximum absolute atomic E-state index is 13.0. The van der Waals surface area contributed by atoms with Crippen LogP contribution < -0.4 is 4.90 Å². The second-order valence-electron chi connectivity index (χ2n) is 3.82. The summed E-state index contributed by atoms with van der Waals surface area (Å²) in [7, 11) is 1.93. The summed E-state index contributed by atoms with van der Waals surface area (Å²) in [5, 5.41) is 0. The lowest BCUT2D eigenvalue weighted by atomic mass is 10.2. The van der Waals surface area contributed by atoms with Gasteiger partial charge in [0.05, 0.1) is 0 Å². The normalized spacial score (nSPS) is 10.3. The van der Waals surface area contributed by atoms with Gasteiger partial charge in [-0.25, -0.2) is 9.37 Å². The Morgan fingerprint density at radius 2 is 2.12 bits per heavy atom. The van der Waals surface area contributed by atoms with Gasteiger partial charge in [-0.1, -0.05) is 12.1 Å². The number of anilines is 1. The molecule has 0 N–H and O–H groups in total. The number of hydrogen-bond acceptors (Lipinski definition) is 2. The maximum Gasteiger partial charge on any atom is 0.128 e. The van der Waals surface area contributed by atoms with Crippen LogP contribution in [0, 0.1) is 5.82 Å². The van der Waals surface area contributed by atoms with E-state index in [0.29, 0.717) is 6.54 Å². The summed E-state index contributed by atoms with van der Waals surface area (Å²) in [5.41, 5.74) is 0.928. The predicted octanol–water partition coefficient (Wildman–Crippen LogP) is 3.62. The van der Waals surface area contributed by atoms with Crippen molar-refractivity contribution in [3.63, 3.8) is 0 Å². The lowest BCUT2D eigenvalue weighted by Crippen LogP contribution is -2.17. The Labute approximate surface area is 108 Å². The first-order chi connectivity index (χ1) is 8.15. The second kappa shape index (κ2) is 5.27. The van der Waals surface area contributed by atoms with Gasteiger partial charge in [-0.15, -0.1) is 0 Å². The van der Waals surface area contributed by atoms with Gasteiger partial charge >= 0.3 is 0 Å². The number of rotatable bonds is 3. The number of nitrogens with zero attached hydrogens (tertiary/aromatic N) is 2. The largest absolute Gasteiger partial charge is 0.355 e. The first kappa shape index (κ1) is 12.0. The van der Waals surface area contributed by atoms with Crippen LogP contribution in [0.1, 0.15) is 5.56 Å². The molecule has 0 amide bonds. The Kier molecular flexibility index (Phi) is 3.74. The third kappa shape index (κ3) is 3.27. The van der Waals surface area contributed by atoms with Gasteiger partial charge in [0.25, 0.3) is 0 Å². The van der Waals surface area contributed by atoms with Crippen molar-refractivity contribution in [2.75, 3.05) is 11.9 Å². The Morgan fingerprint density at radius 3 is 2.76 bits per heavy atom. The third-order valence-electron chi connectivity index (χ3n) is 2.41. The SMILES string of the molecule is CN(Cc1cccc(F)c1)c1ccc(Br)cn1. The molecule has 0 fully saturated rings. The van der Waals surface area contributed by atoms with Crippen molar-refractivity contribution in [3.8, 4) is 0 Å². The second-order valence-corrected chi connectivity index (χ2v) is 4.74. The van der Waals surface area contributed by atoms with Crippen LogP contribution in [0.25, 0.3) is 0 Å². The molecule has 0 aliphatic carbocycles. The molecule has 0 bridgehead atoms. The molecule has 0 radical (unpaired) electrons. The predicted molar refractivity (Wildman–Crippen MR) is 70.4 cm³/mol. The number of hydrogen-bond donors (Lipinski definition) is 0. The fourth-order valence-corrected chi connectivity index (χ4v) is 1.82. The highest BCUT2D eigenvalue weighted by molar-refractivity contribution is 9.10. The number of aromatic nitrogens is 1. The molecule has 88 valence electrons. The van der Waals surface area contributed by atoms with E-state index >= 15 is 0 Å². The van der Waals surface area contributed by atoms with Crippen LogP contribution >= 0.6 is 15.9 Å². The number of pyridine rings is 1. The van der Waals surface area contributed by atoms with Gasteiger partial charge in [0, 0.05) is 24.3 Å². The smallest absolute Gasteiger partial charge is 0.128 e. The van der Waals surface area contributed by atoms with Gasteiger partial charge in [0.2, 0.25) is 0 Å². The molecular weight excluding hydrogens is 283 g/mol. The Balaban J connectivity index is 2.11. The van der Waals surface area contributed by atoms with Gasteiger partial charge in [-0.3, -0.25) is 0 Å². The molecule has 1 heterocycles. The van der Waals surface area contributed by atoms with Crippen molar-refractivity contribution in [1.82, 2.24) is 4.98 Å². The van der Waals surface area contributed by atoms with Crippen molar-refractivity contribution in [2.45, 2.75) is 6.54 Å². The van der Waals surface area contributed by atoms with Crippen LogP contribution in [0.2, 0.25) is 0 Å². The van der Waals surface area contributed by atoms with Gasteiger partial charge < -0.3 is 4.90 Å². The molecule has 1 aromatic carbocycles. The maximum atomic E-state index is 13.0. The number of benzene rings is 1. The minimum Gasteiger partial charge on any atom is -0.355 e. The Hall–Kier alpha value is -1.42. The van der Waals surface area contributed by atoms with E-state index in [4.69, 9.17) is 0 Å². The van der Waals surface area contributed by atoms with Gasteiger partial charge in [-0.05, 0) is 45.8 Å². The van der Waals surface area contributed by atoms with Crippen molar-refractivity contribution < 1.29 is 4.39 Å². The standard InChI is InChI=1S/C13H12BrFN2/c1-17(13-6-5-11(14)8-16-13)9-10-3-2-4-12(15)7-10/h2-8H,9H2,1H3. The first-order valence-corrected chi connectivity index (χ1v) is 6.01. The summed E-state index contributed by atoms with van der Waals surface area (Å²) in [5.74, 6) is 0.650. The fourth-order valence-electron chi connectivity index (χ4n) is 1.58. The molecular formula is C13H12BrFN2. The first-order valence-electron chi connectivity index (χ1n) is 5.22. The zero-order chi connectivity index (χ0) is 12.3. The van der Waals surface area contributed by atoms with E-state index in [0.717, 1.165) is 15.9 Å². The molecule has 0 aliphatic heterocycles. The van der Waals surface area contributed by atoms with Crippen molar-refractivity contribution in [1.29, 1.82) is 0 Å². The van der Waals surface area contributed by atoms with Crippen LogP contribution in [-0.2, 0) is 6.54 Å². The molecule has 2 aromatic rings. The molecule has 4 heteroatoms. The minimum absolute atomic E-state index is 0.209. The number of halogens is 2. The van der Waals surface area contributed by atoms with Crippen LogP contribution in [0.4, 0.5) is 10.2 Å². The molecule has 0 atom stereocenters. The Morgan fingerprint density at radius 1 is 1.29 bits per heavy atom. The van der Waals surface area contributed by atoms with Crippen LogP contribution in [0.5, 0.6) is 0 Å². The highest BCUT2D eigenvalue weighted by Crippen LogP contribution is 2.16. The van der Waals surface area contributed by atoms with E-state index in [-0.39, 0.29) is 5.82 Å². The quantitative estimate of drug-likeness (QED) is 0.859. The molecule has 0 spiro atoms. The minimum atomic E-state index is -0.209. The summed E-state index contributed by atoms with van der Waals surface area (Å²) in [6.45, 7) is 0.631. The zero-order valence-electron chi connectivity index (χ0n) is 9.40. The van der Waals surface area contributed by atoms with Crippen LogP contribution in [0.15, 0.2) is 47.1 Å². The van der Waals surface area contributed by atoms with Gasteiger partial charge in [-0.2, -0.15) is 0 Å². The topological polar surface area (TPSA) is 16.1 Å². The summed E-state index contributed by atoms with van der Waals surface area (Å²) in [4.78, 5) is 6.26.